The molecule has 1 amide bonds. The maximum absolute atomic E-state index is 13.6. The Kier molecular flexibility index (Phi) is 8.01. The Morgan fingerprint density at radius 2 is 1.59 bits per heavy atom. The summed E-state index contributed by atoms with van der Waals surface area (Å²) >= 11 is 12.6. The fourth-order valence-corrected chi connectivity index (χ4v) is 5.20. The average Bonchev–Trinajstić information content (AvgIpc) is 3.13. The van der Waals surface area contributed by atoms with E-state index in [1.165, 1.54) is 24.1 Å². The number of hydrogen-bond acceptors (Lipinski definition) is 5. The SMILES string of the molecule is COc1c(Cl)cc(Cl)cc1/C(O)=C1\C(=O)C(=O)N(c2ccc(OC(C)C)cc2)C1c1ccc(C(C)(C)C)cc1. The Labute approximate surface area is 238 Å². The van der Waals surface area contributed by atoms with Gasteiger partial charge in [-0.15, -0.1) is 0 Å². The number of ether oxygens (including phenoxy) is 2. The third-order valence-corrected chi connectivity index (χ3v) is 6.99. The van der Waals surface area contributed by atoms with Crippen LogP contribution in [0.25, 0.3) is 5.76 Å². The molecule has 1 N–H and O–H groups in total. The van der Waals surface area contributed by atoms with Crippen molar-refractivity contribution in [2.24, 2.45) is 0 Å². The molecule has 3 aromatic rings. The monoisotopic (exact) mass is 567 g/mol. The lowest BCUT2D eigenvalue weighted by Gasteiger charge is -2.27. The van der Waals surface area contributed by atoms with Crippen molar-refractivity contribution >= 4 is 46.3 Å². The van der Waals surface area contributed by atoms with Crippen LogP contribution in [-0.4, -0.2) is 30.0 Å². The van der Waals surface area contributed by atoms with Gasteiger partial charge in [0.1, 0.15) is 17.3 Å². The van der Waals surface area contributed by atoms with E-state index < -0.39 is 23.5 Å². The highest BCUT2D eigenvalue weighted by molar-refractivity contribution is 6.52. The third kappa shape index (κ3) is 5.63. The second-order valence-electron chi connectivity index (χ2n) is 10.7. The number of rotatable bonds is 6. The van der Waals surface area contributed by atoms with Gasteiger partial charge < -0.3 is 14.6 Å². The molecule has 204 valence electrons. The van der Waals surface area contributed by atoms with Crippen LogP contribution in [0.5, 0.6) is 11.5 Å². The average molecular weight is 568 g/mol. The first kappa shape index (κ1) is 28.5. The van der Waals surface area contributed by atoms with E-state index in [9.17, 15) is 14.7 Å². The number of amides is 1. The minimum absolute atomic E-state index is 0.0223. The van der Waals surface area contributed by atoms with Gasteiger partial charge in [0.25, 0.3) is 11.7 Å². The van der Waals surface area contributed by atoms with E-state index in [0.29, 0.717) is 17.0 Å². The smallest absolute Gasteiger partial charge is 0.300 e. The highest BCUT2D eigenvalue weighted by Gasteiger charge is 2.47. The lowest BCUT2D eigenvalue weighted by atomic mass is 9.85. The Hall–Kier alpha value is -3.48. The van der Waals surface area contributed by atoms with Gasteiger partial charge in [0.2, 0.25) is 0 Å². The van der Waals surface area contributed by atoms with E-state index in [-0.39, 0.29) is 38.5 Å². The Balaban J connectivity index is 1.94. The molecule has 1 atom stereocenters. The van der Waals surface area contributed by atoms with Gasteiger partial charge in [-0.3, -0.25) is 14.5 Å². The zero-order chi connectivity index (χ0) is 28.6. The number of aliphatic hydroxyl groups excluding tert-OH is 1. The maximum Gasteiger partial charge on any atom is 0.300 e. The number of Topliss-reactive ketones (excluding diaryl/α,β-unsaturated/α-hetero) is 1. The van der Waals surface area contributed by atoms with Crippen LogP contribution < -0.4 is 14.4 Å². The summed E-state index contributed by atoms with van der Waals surface area (Å²) in [5.74, 6) is -1.26. The van der Waals surface area contributed by atoms with E-state index in [2.05, 4.69) is 20.8 Å². The van der Waals surface area contributed by atoms with E-state index in [4.69, 9.17) is 32.7 Å². The molecule has 1 heterocycles. The number of carbonyl (C=O) groups is 2. The van der Waals surface area contributed by atoms with Gasteiger partial charge in [-0.25, -0.2) is 0 Å². The van der Waals surface area contributed by atoms with Gasteiger partial charge >= 0.3 is 0 Å². The molecule has 0 saturated carbocycles. The van der Waals surface area contributed by atoms with Crippen LogP contribution in [0.3, 0.4) is 0 Å². The largest absolute Gasteiger partial charge is 0.507 e. The molecule has 0 bridgehead atoms. The molecule has 1 unspecified atom stereocenters. The fourth-order valence-electron chi connectivity index (χ4n) is 4.63. The fraction of sp³-hybridized carbons (Fsp3) is 0.290. The van der Waals surface area contributed by atoms with Crippen LogP contribution in [-0.2, 0) is 15.0 Å². The molecule has 6 nitrogen and oxygen atoms in total. The molecule has 1 aliphatic heterocycles. The summed E-state index contributed by atoms with van der Waals surface area (Å²) in [5.41, 5.74) is 2.14. The highest BCUT2D eigenvalue weighted by atomic mass is 35.5. The topological polar surface area (TPSA) is 76.1 Å². The molecule has 3 aromatic carbocycles. The Bertz CT molecular complexity index is 1440. The Morgan fingerprint density at radius 1 is 0.974 bits per heavy atom. The summed E-state index contributed by atoms with van der Waals surface area (Å²) in [5, 5.41) is 12.0. The van der Waals surface area contributed by atoms with Gasteiger partial charge in [-0.2, -0.15) is 0 Å². The van der Waals surface area contributed by atoms with Crippen molar-refractivity contribution in [2.45, 2.75) is 52.2 Å². The summed E-state index contributed by atoms with van der Waals surface area (Å²) < 4.78 is 11.2. The molecular weight excluding hydrogens is 537 g/mol. The number of hydrogen-bond donors (Lipinski definition) is 1. The van der Waals surface area contributed by atoms with Gasteiger partial charge in [0, 0.05) is 10.7 Å². The van der Waals surface area contributed by atoms with Crippen molar-refractivity contribution in [3.63, 3.8) is 0 Å². The standard InChI is InChI=1S/C31H31Cl2NO5/c1-17(2)39-22-13-11-21(12-14-22)34-26(18-7-9-19(10-8-18)31(3,4)5)25(28(36)30(34)37)27(35)23-15-20(32)16-24(33)29(23)38-6/h7-17,26,35H,1-6H3/b27-25+. The number of benzene rings is 3. The molecule has 0 radical (unpaired) electrons. The Morgan fingerprint density at radius 3 is 2.13 bits per heavy atom. The van der Waals surface area contributed by atoms with E-state index in [1.54, 1.807) is 24.3 Å². The first-order valence-electron chi connectivity index (χ1n) is 12.5. The lowest BCUT2D eigenvalue weighted by molar-refractivity contribution is -0.132. The predicted octanol–water partition coefficient (Wildman–Crippen LogP) is 7.71. The zero-order valence-corrected chi connectivity index (χ0v) is 24.2. The molecule has 1 aliphatic rings. The van der Waals surface area contributed by atoms with Crippen molar-refractivity contribution in [1.29, 1.82) is 0 Å². The number of anilines is 1. The van der Waals surface area contributed by atoms with Crippen LogP contribution in [0.4, 0.5) is 5.69 Å². The summed E-state index contributed by atoms with van der Waals surface area (Å²) in [7, 11) is 1.40. The molecule has 1 fully saturated rings. The summed E-state index contributed by atoms with van der Waals surface area (Å²) in [6.45, 7) is 10.1. The first-order valence-corrected chi connectivity index (χ1v) is 13.3. The van der Waals surface area contributed by atoms with Crippen molar-refractivity contribution < 1.29 is 24.2 Å². The molecular formula is C31H31Cl2NO5. The number of aliphatic hydroxyl groups is 1. The van der Waals surface area contributed by atoms with Crippen LogP contribution in [0.15, 0.2) is 66.2 Å². The van der Waals surface area contributed by atoms with Crippen LogP contribution >= 0.6 is 23.2 Å². The summed E-state index contributed by atoms with van der Waals surface area (Å²) in [6.07, 6.45) is -0.0223. The van der Waals surface area contributed by atoms with Crippen LogP contribution in [0.1, 0.15) is 57.4 Å². The molecule has 39 heavy (non-hydrogen) atoms. The normalized spacial score (nSPS) is 17.2. The summed E-state index contributed by atoms with van der Waals surface area (Å²) in [6, 6.07) is 16.6. The van der Waals surface area contributed by atoms with Crippen molar-refractivity contribution in [1.82, 2.24) is 0 Å². The van der Waals surface area contributed by atoms with E-state index in [1.807, 2.05) is 38.1 Å². The molecule has 4 rings (SSSR count). The molecule has 8 heteroatoms. The number of carbonyl (C=O) groups excluding carboxylic acids is 2. The predicted molar refractivity (Wildman–Crippen MR) is 155 cm³/mol. The second-order valence-corrected chi connectivity index (χ2v) is 11.5. The minimum Gasteiger partial charge on any atom is -0.507 e. The second kappa shape index (κ2) is 10.9. The van der Waals surface area contributed by atoms with Gasteiger partial charge in [0.15, 0.2) is 0 Å². The highest BCUT2D eigenvalue weighted by Crippen LogP contribution is 2.45. The molecule has 0 spiro atoms. The van der Waals surface area contributed by atoms with E-state index in [0.717, 1.165) is 5.56 Å². The van der Waals surface area contributed by atoms with Crippen molar-refractivity contribution in [3.8, 4) is 11.5 Å². The summed E-state index contributed by atoms with van der Waals surface area (Å²) in [4.78, 5) is 28.5. The van der Waals surface area contributed by atoms with Crippen molar-refractivity contribution in [2.75, 3.05) is 12.0 Å². The van der Waals surface area contributed by atoms with Gasteiger partial charge in [0.05, 0.1) is 35.4 Å². The maximum atomic E-state index is 13.6. The quantitative estimate of drug-likeness (QED) is 0.187. The zero-order valence-electron chi connectivity index (χ0n) is 22.7. The van der Waals surface area contributed by atoms with E-state index >= 15 is 0 Å². The van der Waals surface area contributed by atoms with Gasteiger partial charge in [-0.05, 0) is 66.8 Å². The number of ketones is 1. The first-order chi connectivity index (χ1) is 18.3. The van der Waals surface area contributed by atoms with Gasteiger partial charge in [-0.1, -0.05) is 68.2 Å². The van der Waals surface area contributed by atoms with Crippen molar-refractivity contribution in [3.05, 3.63) is 93.0 Å². The lowest BCUT2D eigenvalue weighted by Crippen LogP contribution is -2.29. The number of halogens is 2. The molecule has 1 saturated heterocycles. The van der Waals surface area contributed by atoms with Crippen LogP contribution in [0.2, 0.25) is 10.0 Å². The number of methoxy groups -OCH3 is 1. The molecule has 0 aromatic heterocycles. The minimum atomic E-state index is -0.918. The number of nitrogens with zero attached hydrogens (tertiary/aromatic N) is 1. The third-order valence-electron chi connectivity index (χ3n) is 6.49. The molecule has 0 aliphatic carbocycles. The van der Waals surface area contributed by atoms with Crippen LogP contribution in [0, 0.1) is 0 Å².